The summed E-state index contributed by atoms with van der Waals surface area (Å²) in [7, 11) is 0. The van der Waals surface area contributed by atoms with Crippen LogP contribution in [0.2, 0.25) is 0 Å². The summed E-state index contributed by atoms with van der Waals surface area (Å²) >= 11 is 1.33. The van der Waals surface area contributed by atoms with E-state index in [2.05, 4.69) is 4.72 Å². The summed E-state index contributed by atoms with van der Waals surface area (Å²) in [5.41, 5.74) is 3.22. The molecule has 2 aromatic rings. The minimum Gasteiger partial charge on any atom is -0.326 e. The number of hydrogen-bond donors (Lipinski definition) is 3. The van der Waals surface area contributed by atoms with E-state index in [0.29, 0.717) is 0 Å². The van der Waals surface area contributed by atoms with Crippen LogP contribution in [0.5, 0.6) is 0 Å². The van der Waals surface area contributed by atoms with Gasteiger partial charge >= 0.3 is 0 Å². The standard InChI is InChI=1S/C15H13N3O4S/c19-15(16-20)10-3-11-1-4-12(5-2-11)17-23-14-8-6-13(7-9-14)18(21)22/h1-10,17,20H,(H,16,19)/b10-3+. The highest BCUT2D eigenvalue weighted by Crippen LogP contribution is 2.23. The molecule has 0 fully saturated rings. The fourth-order valence-corrected chi connectivity index (χ4v) is 2.27. The Hall–Kier alpha value is -2.84. The average molecular weight is 331 g/mol. The van der Waals surface area contributed by atoms with E-state index in [1.165, 1.54) is 35.6 Å². The van der Waals surface area contributed by atoms with E-state index in [0.717, 1.165) is 16.1 Å². The zero-order valence-corrected chi connectivity index (χ0v) is 12.6. The van der Waals surface area contributed by atoms with E-state index < -0.39 is 10.8 Å². The van der Waals surface area contributed by atoms with Crippen molar-refractivity contribution in [2.75, 3.05) is 4.72 Å². The maximum absolute atomic E-state index is 10.9. The Bertz CT molecular complexity index is 715. The van der Waals surface area contributed by atoms with Crippen molar-refractivity contribution in [2.24, 2.45) is 0 Å². The molecule has 7 nitrogen and oxygen atoms in total. The van der Waals surface area contributed by atoms with Gasteiger partial charge in [-0.1, -0.05) is 12.1 Å². The van der Waals surface area contributed by atoms with Gasteiger partial charge in [0.05, 0.1) is 4.92 Å². The topological polar surface area (TPSA) is 104 Å². The number of nitro groups is 1. The molecular formula is C15H13N3O4S. The summed E-state index contributed by atoms with van der Waals surface area (Å²) in [6, 6.07) is 13.5. The van der Waals surface area contributed by atoms with Gasteiger partial charge in [0, 0.05) is 28.8 Å². The molecule has 0 atom stereocenters. The van der Waals surface area contributed by atoms with Gasteiger partial charge in [0.1, 0.15) is 0 Å². The van der Waals surface area contributed by atoms with Crippen LogP contribution in [0.15, 0.2) is 59.5 Å². The third-order valence-electron chi connectivity index (χ3n) is 2.78. The van der Waals surface area contributed by atoms with Gasteiger partial charge in [-0.15, -0.1) is 0 Å². The number of rotatable bonds is 6. The van der Waals surface area contributed by atoms with Crippen molar-refractivity contribution in [3.8, 4) is 0 Å². The Morgan fingerprint density at radius 3 is 2.35 bits per heavy atom. The Balaban J connectivity index is 1.92. The first-order chi connectivity index (χ1) is 11.1. The molecule has 23 heavy (non-hydrogen) atoms. The second kappa shape index (κ2) is 7.97. The van der Waals surface area contributed by atoms with Gasteiger partial charge in [0.2, 0.25) is 0 Å². The van der Waals surface area contributed by atoms with Crippen LogP contribution in [0.1, 0.15) is 5.56 Å². The monoisotopic (exact) mass is 331 g/mol. The molecule has 0 bridgehead atoms. The normalized spacial score (nSPS) is 10.5. The lowest BCUT2D eigenvalue weighted by Crippen LogP contribution is -2.14. The lowest BCUT2D eigenvalue weighted by Gasteiger charge is -2.05. The highest BCUT2D eigenvalue weighted by molar-refractivity contribution is 8.00. The van der Waals surface area contributed by atoms with Gasteiger partial charge in [-0.2, -0.15) is 0 Å². The molecule has 8 heteroatoms. The lowest BCUT2D eigenvalue weighted by molar-refractivity contribution is -0.384. The fourth-order valence-electron chi connectivity index (χ4n) is 1.63. The Morgan fingerprint density at radius 2 is 1.78 bits per heavy atom. The van der Waals surface area contributed by atoms with Gasteiger partial charge in [0.25, 0.3) is 11.6 Å². The summed E-state index contributed by atoms with van der Waals surface area (Å²) in [6.07, 6.45) is 2.78. The molecule has 0 aliphatic carbocycles. The Morgan fingerprint density at radius 1 is 1.13 bits per heavy atom. The molecule has 0 radical (unpaired) electrons. The van der Waals surface area contributed by atoms with Gasteiger partial charge in [-0.05, 0) is 47.9 Å². The molecule has 0 heterocycles. The summed E-state index contributed by atoms with van der Waals surface area (Å²) in [4.78, 5) is 21.9. The first kappa shape index (κ1) is 16.5. The molecule has 0 saturated heterocycles. The number of nitro benzene ring substituents is 1. The number of amides is 1. The third-order valence-corrected chi connectivity index (χ3v) is 3.63. The van der Waals surface area contributed by atoms with Crippen molar-refractivity contribution in [2.45, 2.75) is 4.90 Å². The van der Waals surface area contributed by atoms with Gasteiger partial charge in [-0.25, -0.2) is 5.48 Å². The number of benzene rings is 2. The predicted molar refractivity (Wildman–Crippen MR) is 88.0 cm³/mol. The summed E-state index contributed by atoms with van der Waals surface area (Å²) in [5, 5.41) is 19.0. The molecule has 0 spiro atoms. The number of hydroxylamine groups is 1. The number of carbonyl (C=O) groups excluding carboxylic acids is 1. The van der Waals surface area contributed by atoms with Gasteiger partial charge in [0.15, 0.2) is 0 Å². The van der Waals surface area contributed by atoms with Crippen molar-refractivity contribution in [1.82, 2.24) is 5.48 Å². The van der Waals surface area contributed by atoms with Crippen molar-refractivity contribution >= 4 is 35.3 Å². The minimum atomic E-state index is -0.596. The predicted octanol–water partition coefficient (Wildman–Crippen LogP) is 3.23. The maximum atomic E-state index is 10.9. The summed E-state index contributed by atoms with van der Waals surface area (Å²) in [5.74, 6) is -0.596. The summed E-state index contributed by atoms with van der Waals surface area (Å²) in [6.45, 7) is 0. The molecule has 0 aliphatic rings. The molecule has 0 aliphatic heterocycles. The number of anilines is 1. The smallest absolute Gasteiger partial charge is 0.269 e. The van der Waals surface area contributed by atoms with Crippen molar-refractivity contribution < 1.29 is 14.9 Å². The van der Waals surface area contributed by atoms with Crippen LogP contribution in [0.3, 0.4) is 0 Å². The molecule has 1 amide bonds. The summed E-state index contributed by atoms with van der Waals surface area (Å²) < 4.78 is 3.12. The number of nitrogens with zero attached hydrogens (tertiary/aromatic N) is 1. The molecular weight excluding hydrogens is 318 g/mol. The van der Waals surface area contributed by atoms with Gasteiger partial charge in [-0.3, -0.25) is 20.1 Å². The zero-order chi connectivity index (χ0) is 16.7. The van der Waals surface area contributed by atoms with Crippen LogP contribution in [0.4, 0.5) is 11.4 Å². The molecule has 118 valence electrons. The second-order valence-corrected chi connectivity index (χ2v) is 5.27. The zero-order valence-electron chi connectivity index (χ0n) is 11.8. The van der Waals surface area contributed by atoms with E-state index in [1.807, 2.05) is 12.1 Å². The largest absolute Gasteiger partial charge is 0.326 e. The van der Waals surface area contributed by atoms with Crippen LogP contribution >= 0.6 is 11.9 Å². The highest BCUT2D eigenvalue weighted by Gasteiger charge is 2.04. The molecule has 2 rings (SSSR count). The van der Waals surface area contributed by atoms with Crippen molar-refractivity contribution in [3.05, 3.63) is 70.3 Å². The number of carbonyl (C=O) groups is 1. The van der Waals surface area contributed by atoms with E-state index in [4.69, 9.17) is 5.21 Å². The van der Waals surface area contributed by atoms with Crippen LogP contribution < -0.4 is 10.2 Å². The Kier molecular flexibility index (Phi) is 5.73. The average Bonchev–Trinajstić information content (AvgIpc) is 2.59. The first-order valence-corrected chi connectivity index (χ1v) is 7.29. The Labute approximate surface area is 136 Å². The maximum Gasteiger partial charge on any atom is 0.269 e. The molecule has 3 N–H and O–H groups in total. The third kappa shape index (κ3) is 5.13. The second-order valence-electron chi connectivity index (χ2n) is 4.39. The SMILES string of the molecule is O=C(/C=C/c1ccc(NSc2ccc([N+](=O)[O-])cc2)cc1)NO. The quantitative estimate of drug-likeness (QED) is 0.247. The van der Waals surface area contributed by atoms with Crippen LogP contribution in [-0.2, 0) is 4.79 Å². The van der Waals surface area contributed by atoms with E-state index in [-0.39, 0.29) is 5.69 Å². The number of non-ortho nitro benzene ring substituents is 1. The van der Waals surface area contributed by atoms with Crippen LogP contribution in [0, 0.1) is 10.1 Å². The number of hydrogen-bond acceptors (Lipinski definition) is 6. The van der Waals surface area contributed by atoms with Crippen molar-refractivity contribution in [3.63, 3.8) is 0 Å². The van der Waals surface area contributed by atoms with E-state index in [1.54, 1.807) is 30.3 Å². The lowest BCUT2D eigenvalue weighted by atomic mass is 10.2. The molecule has 2 aromatic carbocycles. The number of nitrogens with one attached hydrogen (secondary N) is 2. The fraction of sp³-hybridized carbons (Fsp3) is 0. The molecule has 0 aromatic heterocycles. The van der Waals surface area contributed by atoms with Crippen LogP contribution in [-0.4, -0.2) is 16.0 Å². The first-order valence-electron chi connectivity index (χ1n) is 6.48. The van der Waals surface area contributed by atoms with Crippen LogP contribution in [0.25, 0.3) is 6.08 Å². The molecule has 0 saturated carbocycles. The highest BCUT2D eigenvalue weighted by atomic mass is 32.2. The van der Waals surface area contributed by atoms with Crippen molar-refractivity contribution in [1.29, 1.82) is 0 Å². The van der Waals surface area contributed by atoms with E-state index >= 15 is 0 Å². The van der Waals surface area contributed by atoms with E-state index in [9.17, 15) is 14.9 Å². The van der Waals surface area contributed by atoms with Gasteiger partial charge < -0.3 is 4.72 Å². The minimum absolute atomic E-state index is 0.0532. The molecule has 0 unspecified atom stereocenters.